The number of thiazole rings is 1. The van der Waals surface area contributed by atoms with Gasteiger partial charge in [-0.25, -0.2) is 4.98 Å². The van der Waals surface area contributed by atoms with Gasteiger partial charge in [-0.15, -0.1) is 23.1 Å². The Morgan fingerprint density at radius 1 is 1.40 bits per heavy atom. The fourth-order valence-corrected chi connectivity index (χ4v) is 3.25. The average Bonchev–Trinajstić information content (AvgIpc) is 3.07. The molecule has 2 N–H and O–H groups in total. The first-order valence-corrected chi connectivity index (χ1v) is 8.36. The lowest BCUT2D eigenvalue weighted by Gasteiger charge is -2.05. The molecule has 2 heterocycles. The summed E-state index contributed by atoms with van der Waals surface area (Å²) in [6, 6.07) is 6.40. The smallest absolute Gasteiger partial charge is 0.188 e. The number of H-pyrrole nitrogens is 1. The van der Waals surface area contributed by atoms with Crippen molar-refractivity contribution in [1.82, 2.24) is 15.2 Å². The van der Waals surface area contributed by atoms with Gasteiger partial charge in [-0.1, -0.05) is 13.8 Å². The molecule has 0 aliphatic carbocycles. The van der Waals surface area contributed by atoms with Crippen LogP contribution in [0.2, 0.25) is 0 Å². The summed E-state index contributed by atoms with van der Waals surface area (Å²) in [6.07, 6.45) is 1.78. The lowest BCUT2D eigenvalue weighted by molar-refractivity contribution is 0.750. The molecule has 0 radical (unpaired) electrons. The molecule has 6 heteroatoms. The molecule has 20 heavy (non-hydrogen) atoms. The van der Waals surface area contributed by atoms with Crippen LogP contribution in [0.3, 0.4) is 0 Å². The highest BCUT2D eigenvalue weighted by molar-refractivity contribution is 7.99. The molecular formula is C14H16N4S2. The van der Waals surface area contributed by atoms with Crippen molar-refractivity contribution in [2.45, 2.75) is 18.7 Å². The van der Waals surface area contributed by atoms with E-state index < -0.39 is 0 Å². The van der Waals surface area contributed by atoms with E-state index in [1.165, 1.54) is 4.90 Å². The van der Waals surface area contributed by atoms with Gasteiger partial charge in [-0.3, -0.25) is 5.10 Å². The molecule has 0 amide bonds. The number of hydrogen-bond acceptors (Lipinski definition) is 5. The van der Waals surface area contributed by atoms with Crippen molar-refractivity contribution in [2.24, 2.45) is 5.92 Å². The van der Waals surface area contributed by atoms with E-state index in [0.717, 1.165) is 27.6 Å². The van der Waals surface area contributed by atoms with E-state index in [1.807, 2.05) is 17.1 Å². The second-order valence-corrected chi connectivity index (χ2v) is 6.93. The van der Waals surface area contributed by atoms with Crippen LogP contribution in [0.15, 0.2) is 34.7 Å². The first-order valence-electron chi connectivity index (χ1n) is 6.50. The molecule has 2 aromatic heterocycles. The van der Waals surface area contributed by atoms with Crippen molar-refractivity contribution < 1.29 is 0 Å². The van der Waals surface area contributed by atoms with Crippen LogP contribution in [0.4, 0.5) is 10.9 Å². The van der Waals surface area contributed by atoms with Gasteiger partial charge in [0.15, 0.2) is 10.9 Å². The Bertz CT molecular complexity index is 688. The van der Waals surface area contributed by atoms with Crippen molar-refractivity contribution in [3.05, 3.63) is 29.8 Å². The number of hydrogen-bond donors (Lipinski definition) is 2. The van der Waals surface area contributed by atoms with Crippen LogP contribution in [-0.2, 0) is 0 Å². The zero-order chi connectivity index (χ0) is 13.9. The molecule has 3 aromatic rings. The minimum absolute atomic E-state index is 0.688. The monoisotopic (exact) mass is 304 g/mol. The second kappa shape index (κ2) is 5.85. The zero-order valence-electron chi connectivity index (χ0n) is 11.4. The Balaban J connectivity index is 1.87. The summed E-state index contributed by atoms with van der Waals surface area (Å²) in [7, 11) is 0. The summed E-state index contributed by atoms with van der Waals surface area (Å²) in [5.74, 6) is 2.65. The molecule has 0 aliphatic heterocycles. The minimum Gasteiger partial charge on any atom is -0.314 e. The SMILES string of the molecule is CC(C)CSc1ccc2[nH]nc(Nc3nccs3)c2c1. The van der Waals surface area contributed by atoms with Crippen LogP contribution in [0.5, 0.6) is 0 Å². The van der Waals surface area contributed by atoms with Crippen LogP contribution in [0, 0.1) is 5.92 Å². The van der Waals surface area contributed by atoms with Gasteiger partial charge in [0.2, 0.25) is 0 Å². The molecule has 0 atom stereocenters. The van der Waals surface area contributed by atoms with E-state index in [0.29, 0.717) is 5.92 Å². The number of fused-ring (bicyclic) bond motifs is 1. The van der Waals surface area contributed by atoms with E-state index >= 15 is 0 Å². The van der Waals surface area contributed by atoms with Crippen molar-refractivity contribution in [2.75, 3.05) is 11.1 Å². The quantitative estimate of drug-likeness (QED) is 0.681. The molecule has 3 rings (SSSR count). The Kier molecular flexibility index (Phi) is 3.93. The minimum atomic E-state index is 0.688. The van der Waals surface area contributed by atoms with Crippen LogP contribution >= 0.6 is 23.1 Å². The Hall–Kier alpha value is -1.53. The fraction of sp³-hybridized carbons (Fsp3) is 0.286. The van der Waals surface area contributed by atoms with Crippen molar-refractivity contribution >= 4 is 45.0 Å². The van der Waals surface area contributed by atoms with E-state index in [9.17, 15) is 0 Å². The van der Waals surface area contributed by atoms with Gasteiger partial charge in [0.05, 0.1) is 5.52 Å². The number of benzene rings is 1. The van der Waals surface area contributed by atoms with Crippen molar-refractivity contribution in [3.63, 3.8) is 0 Å². The number of aromatic nitrogens is 3. The number of anilines is 2. The number of nitrogens with one attached hydrogen (secondary N) is 2. The highest BCUT2D eigenvalue weighted by Gasteiger charge is 2.08. The van der Waals surface area contributed by atoms with Crippen LogP contribution in [0.25, 0.3) is 10.9 Å². The average molecular weight is 304 g/mol. The zero-order valence-corrected chi connectivity index (χ0v) is 13.0. The Morgan fingerprint density at radius 2 is 2.30 bits per heavy atom. The lowest BCUT2D eigenvalue weighted by atomic mass is 10.2. The number of nitrogens with zero attached hydrogens (tertiary/aromatic N) is 2. The standard InChI is InChI=1S/C14H16N4S2/c1-9(2)8-20-10-3-4-12-11(7-10)13(18-17-12)16-14-15-5-6-19-14/h3-7,9H,8H2,1-2H3,(H2,15,16,17,18). The van der Waals surface area contributed by atoms with E-state index in [4.69, 9.17) is 0 Å². The summed E-state index contributed by atoms with van der Waals surface area (Å²) in [5, 5.41) is 14.5. The third-order valence-corrected chi connectivity index (χ3v) is 4.88. The first kappa shape index (κ1) is 13.5. The van der Waals surface area contributed by atoms with Crippen LogP contribution in [-0.4, -0.2) is 20.9 Å². The molecular weight excluding hydrogens is 288 g/mol. The Labute approximate surface area is 126 Å². The number of rotatable bonds is 5. The molecule has 0 fully saturated rings. The fourth-order valence-electron chi connectivity index (χ4n) is 1.83. The van der Waals surface area contributed by atoms with E-state index in [-0.39, 0.29) is 0 Å². The molecule has 0 aliphatic rings. The molecule has 0 saturated carbocycles. The number of aromatic amines is 1. The summed E-state index contributed by atoms with van der Waals surface area (Å²) in [5.41, 5.74) is 1.04. The van der Waals surface area contributed by atoms with Gasteiger partial charge in [0.1, 0.15) is 0 Å². The predicted octanol–water partition coefficient (Wildman–Crippen LogP) is 4.51. The van der Waals surface area contributed by atoms with E-state index in [1.54, 1.807) is 17.5 Å². The summed E-state index contributed by atoms with van der Waals surface area (Å²) >= 11 is 3.45. The lowest BCUT2D eigenvalue weighted by Crippen LogP contribution is -1.91. The predicted molar refractivity (Wildman–Crippen MR) is 87.1 cm³/mol. The summed E-state index contributed by atoms with van der Waals surface area (Å²) in [4.78, 5) is 5.50. The largest absolute Gasteiger partial charge is 0.314 e. The molecule has 104 valence electrons. The Morgan fingerprint density at radius 3 is 3.05 bits per heavy atom. The summed E-state index contributed by atoms with van der Waals surface area (Å²) in [6.45, 7) is 4.47. The maximum Gasteiger partial charge on any atom is 0.188 e. The molecule has 4 nitrogen and oxygen atoms in total. The van der Waals surface area contributed by atoms with Crippen molar-refractivity contribution in [1.29, 1.82) is 0 Å². The third kappa shape index (κ3) is 2.96. The molecule has 1 aromatic carbocycles. The highest BCUT2D eigenvalue weighted by atomic mass is 32.2. The highest BCUT2D eigenvalue weighted by Crippen LogP contribution is 2.29. The molecule has 0 bridgehead atoms. The molecule has 0 saturated heterocycles. The normalized spacial score (nSPS) is 11.3. The first-order chi connectivity index (χ1) is 9.72. The summed E-state index contributed by atoms with van der Waals surface area (Å²) < 4.78 is 0. The van der Waals surface area contributed by atoms with Gasteiger partial charge in [0.25, 0.3) is 0 Å². The van der Waals surface area contributed by atoms with Crippen LogP contribution < -0.4 is 5.32 Å². The maximum atomic E-state index is 4.33. The van der Waals surface area contributed by atoms with Gasteiger partial charge in [-0.05, 0) is 24.1 Å². The third-order valence-electron chi connectivity index (χ3n) is 2.78. The van der Waals surface area contributed by atoms with Crippen LogP contribution in [0.1, 0.15) is 13.8 Å². The van der Waals surface area contributed by atoms with Gasteiger partial charge in [-0.2, -0.15) is 5.10 Å². The van der Waals surface area contributed by atoms with Crippen molar-refractivity contribution in [3.8, 4) is 0 Å². The number of thioether (sulfide) groups is 1. The second-order valence-electron chi connectivity index (χ2n) is 4.95. The van der Waals surface area contributed by atoms with Gasteiger partial charge < -0.3 is 5.32 Å². The maximum absolute atomic E-state index is 4.33. The van der Waals surface area contributed by atoms with Gasteiger partial charge >= 0.3 is 0 Å². The molecule has 0 unspecified atom stereocenters. The topological polar surface area (TPSA) is 53.6 Å². The molecule has 0 spiro atoms. The van der Waals surface area contributed by atoms with Gasteiger partial charge in [0, 0.05) is 27.6 Å². The van der Waals surface area contributed by atoms with E-state index in [2.05, 4.69) is 52.5 Å².